The molecule has 0 saturated carbocycles. The van der Waals surface area contributed by atoms with Crippen LogP contribution in [0.25, 0.3) is 10.9 Å². The first-order chi connectivity index (χ1) is 11.7. The van der Waals surface area contributed by atoms with Crippen LogP contribution in [0.1, 0.15) is 28.2 Å². The van der Waals surface area contributed by atoms with Crippen LogP contribution in [0.2, 0.25) is 0 Å². The van der Waals surface area contributed by atoms with Crippen LogP contribution in [0.15, 0.2) is 47.1 Å². The molecule has 1 saturated heterocycles. The maximum absolute atomic E-state index is 12.4. The minimum atomic E-state index is -0.0361. The van der Waals surface area contributed by atoms with Gasteiger partial charge in [-0.3, -0.25) is 9.78 Å². The number of pyridine rings is 1. The lowest BCUT2D eigenvalue weighted by molar-refractivity contribution is 0.0776. The van der Waals surface area contributed by atoms with Gasteiger partial charge >= 0.3 is 0 Å². The molecule has 0 spiro atoms. The number of hydrogen-bond donors (Lipinski definition) is 0. The maximum Gasteiger partial charge on any atom is 0.276 e. The van der Waals surface area contributed by atoms with E-state index in [2.05, 4.69) is 22.3 Å². The van der Waals surface area contributed by atoms with Crippen molar-refractivity contribution >= 4 is 16.8 Å². The Bertz CT molecular complexity index is 887. The molecule has 1 fully saturated rings. The highest BCUT2D eigenvalue weighted by atomic mass is 16.5. The Balaban J connectivity index is 1.43. The third-order valence-electron chi connectivity index (χ3n) is 4.59. The van der Waals surface area contributed by atoms with Gasteiger partial charge in [-0.15, -0.1) is 0 Å². The second kappa shape index (κ2) is 6.07. The van der Waals surface area contributed by atoms with Gasteiger partial charge in [-0.2, -0.15) is 0 Å². The molecule has 5 heteroatoms. The number of carbonyl (C=O) groups excluding carboxylic acids is 1. The summed E-state index contributed by atoms with van der Waals surface area (Å²) in [5.41, 5.74) is 2.65. The van der Waals surface area contributed by atoms with Crippen molar-refractivity contribution in [1.82, 2.24) is 15.0 Å². The zero-order valence-electron chi connectivity index (χ0n) is 13.6. The number of likely N-dealkylation sites (tertiary alicyclic amines) is 1. The second-order valence-electron chi connectivity index (χ2n) is 6.47. The van der Waals surface area contributed by atoms with Crippen LogP contribution in [-0.4, -0.2) is 34.0 Å². The standard InChI is InChI=1S/C19H19N3O2/c1-13-8-18(21-24-13)19(23)22-7-6-14(12-22)9-15-10-16-4-2-3-5-17(16)20-11-15/h2-5,8,10-11,14H,6-7,9,12H2,1H3/t14-/m1/s1. The summed E-state index contributed by atoms with van der Waals surface area (Å²) in [5, 5.41) is 4.99. The average molecular weight is 321 g/mol. The number of rotatable bonds is 3. The molecule has 2 aromatic heterocycles. The van der Waals surface area contributed by atoms with Crippen LogP contribution >= 0.6 is 0 Å². The quantitative estimate of drug-likeness (QED) is 0.743. The highest BCUT2D eigenvalue weighted by Crippen LogP contribution is 2.23. The summed E-state index contributed by atoms with van der Waals surface area (Å²) in [4.78, 5) is 18.8. The summed E-state index contributed by atoms with van der Waals surface area (Å²) in [7, 11) is 0. The largest absolute Gasteiger partial charge is 0.361 e. The number of nitrogens with zero attached hydrogens (tertiary/aromatic N) is 3. The number of carbonyl (C=O) groups is 1. The number of para-hydroxylation sites is 1. The summed E-state index contributed by atoms with van der Waals surface area (Å²) >= 11 is 0. The van der Waals surface area contributed by atoms with Gasteiger partial charge in [-0.05, 0) is 43.4 Å². The van der Waals surface area contributed by atoms with Gasteiger partial charge in [0.25, 0.3) is 5.91 Å². The van der Waals surface area contributed by atoms with Crippen LogP contribution in [0, 0.1) is 12.8 Å². The molecule has 24 heavy (non-hydrogen) atoms. The van der Waals surface area contributed by atoms with Crippen molar-refractivity contribution < 1.29 is 9.32 Å². The Morgan fingerprint density at radius 3 is 3.04 bits per heavy atom. The van der Waals surface area contributed by atoms with E-state index in [9.17, 15) is 4.79 Å². The van der Waals surface area contributed by atoms with Crippen molar-refractivity contribution in [2.45, 2.75) is 19.8 Å². The van der Waals surface area contributed by atoms with Crippen molar-refractivity contribution in [2.75, 3.05) is 13.1 Å². The number of fused-ring (bicyclic) bond motifs is 1. The minimum Gasteiger partial charge on any atom is -0.361 e. The third kappa shape index (κ3) is 2.89. The summed E-state index contributed by atoms with van der Waals surface area (Å²) in [6.45, 7) is 3.33. The first-order valence-electron chi connectivity index (χ1n) is 8.25. The van der Waals surface area contributed by atoms with Crippen LogP contribution in [-0.2, 0) is 6.42 Å². The minimum absolute atomic E-state index is 0.0361. The summed E-state index contributed by atoms with van der Waals surface area (Å²) in [6, 6.07) is 12.0. The van der Waals surface area contributed by atoms with E-state index in [4.69, 9.17) is 4.52 Å². The molecule has 3 aromatic rings. The second-order valence-corrected chi connectivity index (χ2v) is 6.47. The van der Waals surface area contributed by atoms with Gasteiger partial charge in [-0.1, -0.05) is 23.4 Å². The SMILES string of the molecule is Cc1cc(C(=O)N2CC[C@H](Cc3cnc4ccccc4c3)C2)no1. The van der Waals surface area contributed by atoms with Gasteiger partial charge in [0.05, 0.1) is 5.52 Å². The Labute approximate surface area is 140 Å². The molecule has 1 aliphatic heterocycles. The van der Waals surface area contributed by atoms with E-state index in [1.807, 2.05) is 29.3 Å². The number of amides is 1. The van der Waals surface area contributed by atoms with Crippen molar-refractivity contribution in [2.24, 2.45) is 5.92 Å². The molecule has 0 radical (unpaired) electrons. The Morgan fingerprint density at radius 1 is 1.33 bits per heavy atom. The van der Waals surface area contributed by atoms with Gasteiger partial charge in [0.2, 0.25) is 0 Å². The summed E-state index contributed by atoms with van der Waals surface area (Å²) < 4.78 is 5.00. The fourth-order valence-electron chi connectivity index (χ4n) is 3.37. The summed E-state index contributed by atoms with van der Waals surface area (Å²) in [6.07, 6.45) is 3.91. The zero-order valence-corrected chi connectivity index (χ0v) is 13.6. The normalized spacial score (nSPS) is 17.5. The molecule has 1 aliphatic rings. The summed E-state index contributed by atoms with van der Waals surface area (Å²) in [5.74, 6) is 1.09. The predicted octanol–water partition coefficient (Wildman–Crippen LogP) is 3.24. The smallest absolute Gasteiger partial charge is 0.276 e. The maximum atomic E-state index is 12.4. The highest BCUT2D eigenvalue weighted by molar-refractivity contribution is 5.92. The molecule has 0 unspecified atom stereocenters. The molecule has 0 bridgehead atoms. The Morgan fingerprint density at radius 2 is 2.21 bits per heavy atom. The fraction of sp³-hybridized carbons (Fsp3) is 0.316. The van der Waals surface area contributed by atoms with Crippen LogP contribution in [0.4, 0.5) is 0 Å². The lowest BCUT2D eigenvalue weighted by atomic mass is 9.99. The first kappa shape index (κ1) is 14.9. The molecule has 3 heterocycles. The van der Waals surface area contributed by atoms with Crippen molar-refractivity contribution in [3.8, 4) is 0 Å². The molecular formula is C19H19N3O2. The predicted molar refractivity (Wildman–Crippen MR) is 90.7 cm³/mol. The number of benzene rings is 1. The van der Waals surface area contributed by atoms with Gasteiger partial charge in [0, 0.05) is 30.7 Å². The molecule has 0 N–H and O–H groups in total. The molecule has 4 rings (SSSR count). The molecule has 1 amide bonds. The van der Waals surface area contributed by atoms with Crippen LogP contribution in [0.3, 0.4) is 0 Å². The molecule has 5 nitrogen and oxygen atoms in total. The van der Waals surface area contributed by atoms with Crippen LogP contribution < -0.4 is 0 Å². The lowest BCUT2D eigenvalue weighted by Gasteiger charge is -2.15. The van der Waals surface area contributed by atoms with E-state index in [-0.39, 0.29) is 5.91 Å². The van der Waals surface area contributed by atoms with E-state index >= 15 is 0 Å². The monoisotopic (exact) mass is 321 g/mol. The third-order valence-corrected chi connectivity index (χ3v) is 4.59. The molecule has 0 aliphatic carbocycles. The molecule has 1 atom stereocenters. The fourth-order valence-corrected chi connectivity index (χ4v) is 3.37. The van der Waals surface area contributed by atoms with Gasteiger partial charge in [-0.25, -0.2) is 0 Å². The molecule has 122 valence electrons. The van der Waals surface area contributed by atoms with Gasteiger partial charge in [0.1, 0.15) is 5.76 Å². The zero-order chi connectivity index (χ0) is 16.5. The van der Waals surface area contributed by atoms with Gasteiger partial charge in [0.15, 0.2) is 5.69 Å². The average Bonchev–Trinajstić information content (AvgIpc) is 3.23. The van der Waals surface area contributed by atoms with Crippen molar-refractivity contribution in [3.63, 3.8) is 0 Å². The van der Waals surface area contributed by atoms with E-state index in [1.165, 1.54) is 10.9 Å². The topological polar surface area (TPSA) is 59.2 Å². The van der Waals surface area contributed by atoms with Crippen LogP contribution in [0.5, 0.6) is 0 Å². The molecule has 1 aromatic carbocycles. The van der Waals surface area contributed by atoms with Gasteiger partial charge < -0.3 is 9.42 Å². The van der Waals surface area contributed by atoms with Crippen molar-refractivity contribution in [3.05, 3.63) is 59.6 Å². The number of hydrogen-bond acceptors (Lipinski definition) is 4. The van der Waals surface area contributed by atoms with E-state index < -0.39 is 0 Å². The van der Waals surface area contributed by atoms with E-state index in [0.29, 0.717) is 17.4 Å². The number of aryl methyl sites for hydroxylation is 1. The van der Waals surface area contributed by atoms with Crippen molar-refractivity contribution in [1.29, 1.82) is 0 Å². The Hall–Kier alpha value is -2.69. The first-order valence-corrected chi connectivity index (χ1v) is 8.25. The molecular weight excluding hydrogens is 302 g/mol. The van der Waals surface area contributed by atoms with E-state index in [1.54, 1.807) is 13.0 Å². The Kier molecular flexibility index (Phi) is 3.76. The van der Waals surface area contributed by atoms with E-state index in [0.717, 1.165) is 31.4 Å². The highest BCUT2D eigenvalue weighted by Gasteiger charge is 2.28. The number of aromatic nitrogens is 2. The lowest BCUT2D eigenvalue weighted by Crippen LogP contribution is -2.29.